The van der Waals surface area contributed by atoms with Crippen molar-refractivity contribution in [2.45, 2.75) is 17.4 Å². The minimum Gasteiger partial charge on any atom is -0.295 e. The predicted octanol–water partition coefficient (Wildman–Crippen LogP) is 3.95. The highest BCUT2D eigenvalue weighted by Crippen LogP contribution is 2.37. The SMILES string of the molecule is O=C1C=CN(S(=O)(=O)c2ccc(F)cc2)C(c2cccc(F)c2Br)C1. The second kappa shape index (κ2) is 6.68. The van der Waals surface area contributed by atoms with E-state index in [2.05, 4.69) is 15.9 Å². The van der Waals surface area contributed by atoms with Crippen molar-refractivity contribution in [1.29, 1.82) is 0 Å². The van der Waals surface area contributed by atoms with Gasteiger partial charge in [0, 0.05) is 12.6 Å². The van der Waals surface area contributed by atoms with E-state index >= 15 is 0 Å². The summed E-state index contributed by atoms with van der Waals surface area (Å²) in [6.07, 6.45) is 2.19. The van der Waals surface area contributed by atoms with E-state index in [1.54, 1.807) is 6.07 Å². The molecule has 1 atom stereocenters. The summed E-state index contributed by atoms with van der Waals surface area (Å²) in [6.45, 7) is 0. The van der Waals surface area contributed by atoms with Crippen molar-refractivity contribution in [2.75, 3.05) is 0 Å². The number of carbonyl (C=O) groups excluding carboxylic acids is 1. The lowest BCUT2D eigenvalue weighted by atomic mass is 9.99. The number of halogens is 3. The zero-order chi connectivity index (χ0) is 18.2. The second-order valence-corrected chi connectivity index (χ2v) is 8.07. The van der Waals surface area contributed by atoms with Gasteiger partial charge >= 0.3 is 0 Å². The molecular weight excluding hydrogens is 416 g/mol. The third-order valence-corrected chi connectivity index (χ3v) is 6.47. The van der Waals surface area contributed by atoms with Crippen LogP contribution in [0.2, 0.25) is 0 Å². The van der Waals surface area contributed by atoms with Gasteiger partial charge < -0.3 is 0 Å². The summed E-state index contributed by atoms with van der Waals surface area (Å²) in [5.41, 5.74) is 0.336. The van der Waals surface area contributed by atoms with Crippen LogP contribution in [0, 0.1) is 11.6 Å². The Labute approximate surface area is 151 Å². The average Bonchev–Trinajstić information content (AvgIpc) is 2.57. The van der Waals surface area contributed by atoms with Gasteiger partial charge in [-0.1, -0.05) is 12.1 Å². The topological polar surface area (TPSA) is 54.5 Å². The van der Waals surface area contributed by atoms with Gasteiger partial charge in [-0.2, -0.15) is 0 Å². The summed E-state index contributed by atoms with van der Waals surface area (Å²) >= 11 is 3.11. The zero-order valence-electron chi connectivity index (χ0n) is 12.7. The van der Waals surface area contributed by atoms with Crippen LogP contribution in [0.3, 0.4) is 0 Å². The van der Waals surface area contributed by atoms with E-state index in [1.807, 2.05) is 0 Å². The maximum absolute atomic E-state index is 13.9. The summed E-state index contributed by atoms with van der Waals surface area (Å²) in [5.74, 6) is -1.39. The molecule has 1 unspecified atom stereocenters. The van der Waals surface area contributed by atoms with Gasteiger partial charge in [-0.3, -0.25) is 9.10 Å². The highest BCUT2D eigenvalue weighted by Gasteiger charge is 2.35. The van der Waals surface area contributed by atoms with E-state index < -0.39 is 27.7 Å². The van der Waals surface area contributed by atoms with E-state index in [0.717, 1.165) is 40.8 Å². The van der Waals surface area contributed by atoms with Crippen molar-refractivity contribution in [1.82, 2.24) is 4.31 Å². The molecular formula is C17H12BrF2NO3S. The molecule has 0 N–H and O–H groups in total. The minimum atomic E-state index is -4.04. The van der Waals surface area contributed by atoms with Crippen LogP contribution >= 0.6 is 15.9 Å². The number of nitrogens with zero attached hydrogens (tertiary/aromatic N) is 1. The molecule has 0 aliphatic carbocycles. The van der Waals surface area contributed by atoms with Gasteiger partial charge in [0.1, 0.15) is 11.6 Å². The van der Waals surface area contributed by atoms with Crippen LogP contribution in [-0.4, -0.2) is 18.5 Å². The van der Waals surface area contributed by atoms with Crippen LogP contribution in [0.4, 0.5) is 8.78 Å². The van der Waals surface area contributed by atoms with Gasteiger partial charge in [-0.15, -0.1) is 0 Å². The third-order valence-electron chi connectivity index (χ3n) is 3.84. The van der Waals surface area contributed by atoms with E-state index in [0.29, 0.717) is 5.56 Å². The summed E-state index contributed by atoms with van der Waals surface area (Å²) < 4.78 is 53.9. The Balaban J connectivity index is 2.11. The van der Waals surface area contributed by atoms with Crippen molar-refractivity contribution in [2.24, 2.45) is 0 Å². The highest BCUT2D eigenvalue weighted by molar-refractivity contribution is 9.10. The first kappa shape index (κ1) is 17.8. The Bertz CT molecular complexity index is 958. The Hall–Kier alpha value is -2.06. The van der Waals surface area contributed by atoms with Crippen LogP contribution in [-0.2, 0) is 14.8 Å². The number of sulfonamides is 1. The molecule has 0 radical (unpaired) electrons. The summed E-state index contributed by atoms with van der Waals surface area (Å²) in [4.78, 5) is 11.7. The molecule has 4 nitrogen and oxygen atoms in total. The fourth-order valence-corrected chi connectivity index (χ4v) is 4.61. The van der Waals surface area contributed by atoms with E-state index in [-0.39, 0.29) is 21.6 Å². The molecule has 0 saturated carbocycles. The molecule has 1 aliphatic rings. The maximum Gasteiger partial charge on any atom is 0.264 e. The first-order chi connectivity index (χ1) is 11.8. The van der Waals surface area contributed by atoms with Gasteiger partial charge in [0.15, 0.2) is 5.78 Å². The smallest absolute Gasteiger partial charge is 0.264 e. The van der Waals surface area contributed by atoms with Gasteiger partial charge in [-0.25, -0.2) is 17.2 Å². The van der Waals surface area contributed by atoms with Gasteiger partial charge in [0.25, 0.3) is 10.0 Å². The number of carbonyl (C=O) groups is 1. The Kier molecular flexibility index (Phi) is 4.75. The first-order valence-electron chi connectivity index (χ1n) is 7.25. The summed E-state index contributed by atoms with van der Waals surface area (Å²) in [7, 11) is -4.04. The standard InChI is InChI=1S/C17H12BrF2NO3S/c18-17-14(2-1-3-15(17)20)16-10-12(22)8-9-21(16)25(23,24)13-6-4-11(19)5-7-13/h1-9,16H,10H2. The fourth-order valence-electron chi connectivity index (χ4n) is 2.61. The summed E-state index contributed by atoms with van der Waals surface area (Å²) in [5, 5.41) is 0. The summed E-state index contributed by atoms with van der Waals surface area (Å²) in [6, 6.07) is 7.69. The van der Waals surface area contributed by atoms with Crippen LogP contribution in [0.1, 0.15) is 18.0 Å². The Morgan fingerprint density at radius 1 is 1.08 bits per heavy atom. The maximum atomic E-state index is 13.9. The molecule has 8 heteroatoms. The first-order valence-corrected chi connectivity index (χ1v) is 9.48. The van der Waals surface area contributed by atoms with Crippen molar-refractivity contribution in [3.63, 3.8) is 0 Å². The van der Waals surface area contributed by atoms with Gasteiger partial charge in [0.05, 0.1) is 15.4 Å². The molecule has 0 saturated heterocycles. The number of hydrogen-bond acceptors (Lipinski definition) is 3. The molecule has 1 aliphatic heterocycles. The molecule has 2 aromatic rings. The average molecular weight is 428 g/mol. The van der Waals surface area contributed by atoms with Crippen molar-refractivity contribution >= 4 is 31.7 Å². The molecule has 0 amide bonds. The van der Waals surface area contributed by atoms with E-state index in [9.17, 15) is 22.0 Å². The van der Waals surface area contributed by atoms with E-state index in [4.69, 9.17) is 0 Å². The van der Waals surface area contributed by atoms with Crippen LogP contribution in [0.25, 0.3) is 0 Å². The Morgan fingerprint density at radius 3 is 2.44 bits per heavy atom. The molecule has 1 heterocycles. The molecule has 25 heavy (non-hydrogen) atoms. The van der Waals surface area contributed by atoms with Crippen LogP contribution in [0.5, 0.6) is 0 Å². The quantitative estimate of drug-likeness (QED) is 0.744. The molecule has 0 aromatic heterocycles. The van der Waals surface area contributed by atoms with E-state index in [1.165, 1.54) is 12.1 Å². The molecule has 0 fully saturated rings. The molecule has 2 aromatic carbocycles. The van der Waals surface area contributed by atoms with Crippen LogP contribution < -0.4 is 0 Å². The van der Waals surface area contributed by atoms with Crippen LogP contribution in [0.15, 0.2) is 64.1 Å². The lowest BCUT2D eigenvalue weighted by Crippen LogP contribution is -2.34. The number of benzene rings is 2. The third kappa shape index (κ3) is 3.36. The molecule has 0 bridgehead atoms. The number of ketones is 1. The van der Waals surface area contributed by atoms with Gasteiger partial charge in [0.2, 0.25) is 0 Å². The lowest BCUT2D eigenvalue weighted by Gasteiger charge is -2.32. The largest absolute Gasteiger partial charge is 0.295 e. The normalized spacial score (nSPS) is 17.8. The van der Waals surface area contributed by atoms with Crippen molar-refractivity contribution in [3.05, 3.63) is 76.4 Å². The molecule has 130 valence electrons. The monoisotopic (exact) mass is 427 g/mol. The number of rotatable bonds is 3. The zero-order valence-corrected chi connectivity index (χ0v) is 15.1. The van der Waals surface area contributed by atoms with Gasteiger partial charge in [-0.05, 0) is 57.9 Å². The lowest BCUT2D eigenvalue weighted by molar-refractivity contribution is -0.115. The predicted molar refractivity (Wildman–Crippen MR) is 91.0 cm³/mol. The minimum absolute atomic E-state index is 0.0995. The fraction of sp³-hybridized carbons (Fsp3) is 0.118. The Morgan fingerprint density at radius 2 is 1.76 bits per heavy atom. The number of hydrogen-bond donors (Lipinski definition) is 0. The van der Waals surface area contributed by atoms with Crippen molar-refractivity contribution < 1.29 is 22.0 Å². The van der Waals surface area contributed by atoms with Crippen molar-refractivity contribution in [3.8, 4) is 0 Å². The second-order valence-electron chi connectivity index (χ2n) is 5.43. The number of allylic oxidation sites excluding steroid dienone is 1. The molecule has 0 spiro atoms. The highest BCUT2D eigenvalue weighted by atomic mass is 79.9. The molecule has 3 rings (SSSR count).